The molecule has 0 spiro atoms. The molecule has 0 aromatic rings. The van der Waals surface area contributed by atoms with Crippen LogP contribution in [0.1, 0.15) is 13.3 Å². The van der Waals surface area contributed by atoms with Crippen molar-refractivity contribution < 1.29 is 14.5 Å². The summed E-state index contributed by atoms with van der Waals surface area (Å²) < 4.78 is 0. The van der Waals surface area contributed by atoms with Crippen molar-refractivity contribution >= 4 is 5.91 Å². The molecule has 0 aromatic carbocycles. The minimum Gasteiger partial charge on any atom is -0.270 e. The molecule has 2 atom stereocenters. The first kappa shape index (κ1) is 8.49. The van der Waals surface area contributed by atoms with Crippen molar-refractivity contribution in [1.82, 2.24) is 5.23 Å². The Bertz CT molecular complexity index is 156. The van der Waals surface area contributed by atoms with E-state index in [0.717, 1.165) is 11.6 Å². The minimum atomic E-state index is -0.0810. The van der Waals surface area contributed by atoms with Gasteiger partial charge in [-0.3, -0.25) is 4.79 Å². The molecule has 0 radical (unpaired) electrons. The molecule has 0 unspecified atom stereocenters. The van der Waals surface area contributed by atoms with Crippen molar-refractivity contribution in [1.29, 1.82) is 0 Å². The van der Waals surface area contributed by atoms with E-state index in [1.165, 1.54) is 14.2 Å². The Balaban J connectivity index is 2.39. The molecule has 0 N–H and O–H groups in total. The van der Waals surface area contributed by atoms with Gasteiger partial charge in [0.2, 0.25) is 0 Å². The third kappa shape index (κ3) is 1.70. The van der Waals surface area contributed by atoms with E-state index in [1.807, 2.05) is 6.92 Å². The van der Waals surface area contributed by atoms with E-state index in [2.05, 4.69) is 9.68 Å². The molecule has 1 aliphatic carbocycles. The van der Waals surface area contributed by atoms with Crippen LogP contribution in [0, 0.1) is 11.8 Å². The molecule has 1 saturated carbocycles. The van der Waals surface area contributed by atoms with Crippen LogP contribution in [0.25, 0.3) is 0 Å². The zero-order chi connectivity index (χ0) is 8.43. The largest absolute Gasteiger partial charge is 0.276 e. The fraction of sp³-hybridized carbons (Fsp3) is 0.857. The summed E-state index contributed by atoms with van der Waals surface area (Å²) in [5, 5.41) is 0.925. The topological polar surface area (TPSA) is 38.8 Å². The third-order valence-corrected chi connectivity index (χ3v) is 1.94. The van der Waals surface area contributed by atoms with Crippen LogP contribution in [0.5, 0.6) is 0 Å². The van der Waals surface area contributed by atoms with Crippen molar-refractivity contribution in [3.05, 3.63) is 0 Å². The number of carbonyl (C=O) groups is 1. The average Bonchev–Trinajstić information content (AvgIpc) is 2.69. The number of nitrogens with zero attached hydrogens (tertiary/aromatic N) is 1. The van der Waals surface area contributed by atoms with Crippen LogP contribution in [0.2, 0.25) is 0 Å². The standard InChI is InChI=1S/C7H13NO3/c1-5-4-6(5)7(9)8(10-2)11-3/h5-6H,4H2,1-3H3/t5-,6+/m0/s1. The number of rotatable bonds is 3. The van der Waals surface area contributed by atoms with Gasteiger partial charge in [0, 0.05) is 5.92 Å². The smallest absolute Gasteiger partial charge is 0.270 e. The van der Waals surface area contributed by atoms with Crippen LogP contribution in [0.3, 0.4) is 0 Å². The lowest BCUT2D eigenvalue weighted by Gasteiger charge is -2.15. The summed E-state index contributed by atoms with van der Waals surface area (Å²) in [4.78, 5) is 20.6. The van der Waals surface area contributed by atoms with E-state index in [0.29, 0.717) is 5.92 Å². The average molecular weight is 159 g/mol. The van der Waals surface area contributed by atoms with Crippen LogP contribution < -0.4 is 0 Å². The second-order valence-electron chi connectivity index (χ2n) is 2.78. The highest BCUT2D eigenvalue weighted by Gasteiger charge is 2.42. The fourth-order valence-electron chi connectivity index (χ4n) is 1.06. The van der Waals surface area contributed by atoms with Gasteiger partial charge in [0.1, 0.15) is 0 Å². The Labute approximate surface area is 66.0 Å². The second kappa shape index (κ2) is 3.19. The number of hydroxylamine groups is 2. The lowest BCUT2D eigenvalue weighted by atomic mass is 10.3. The third-order valence-electron chi connectivity index (χ3n) is 1.94. The maximum atomic E-state index is 11.3. The summed E-state index contributed by atoms with van der Waals surface area (Å²) >= 11 is 0. The molecule has 4 nitrogen and oxygen atoms in total. The van der Waals surface area contributed by atoms with Gasteiger partial charge in [-0.1, -0.05) is 12.2 Å². The molecule has 0 bridgehead atoms. The van der Waals surface area contributed by atoms with Gasteiger partial charge in [-0.05, 0) is 12.3 Å². The van der Waals surface area contributed by atoms with E-state index >= 15 is 0 Å². The lowest BCUT2D eigenvalue weighted by Crippen LogP contribution is -2.30. The zero-order valence-corrected chi connectivity index (χ0v) is 7.03. The molecule has 1 amide bonds. The Morgan fingerprint density at radius 1 is 1.45 bits per heavy atom. The van der Waals surface area contributed by atoms with Crippen LogP contribution in [0.4, 0.5) is 0 Å². The predicted octanol–water partition coefficient (Wildman–Crippen LogP) is 0.594. The van der Waals surface area contributed by atoms with E-state index in [9.17, 15) is 4.79 Å². The summed E-state index contributed by atoms with van der Waals surface area (Å²) in [5.74, 6) is 0.507. The highest BCUT2D eigenvalue weighted by Crippen LogP contribution is 2.39. The van der Waals surface area contributed by atoms with Crippen LogP contribution in [0.15, 0.2) is 0 Å². The lowest BCUT2D eigenvalue weighted by molar-refractivity contribution is -0.318. The first-order valence-electron chi connectivity index (χ1n) is 3.63. The Morgan fingerprint density at radius 3 is 2.18 bits per heavy atom. The van der Waals surface area contributed by atoms with Crippen LogP contribution in [-0.4, -0.2) is 25.4 Å². The van der Waals surface area contributed by atoms with Gasteiger partial charge < -0.3 is 0 Å². The summed E-state index contributed by atoms with van der Waals surface area (Å²) in [5.41, 5.74) is 0. The highest BCUT2D eigenvalue weighted by molar-refractivity contribution is 5.79. The molecular formula is C7H13NO3. The summed E-state index contributed by atoms with van der Waals surface area (Å²) in [6, 6.07) is 0. The Hall–Kier alpha value is -0.610. The molecule has 1 aliphatic rings. The van der Waals surface area contributed by atoms with E-state index in [-0.39, 0.29) is 11.8 Å². The summed E-state index contributed by atoms with van der Waals surface area (Å²) in [7, 11) is 2.82. The van der Waals surface area contributed by atoms with Crippen molar-refractivity contribution in [2.75, 3.05) is 14.2 Å². The molecule has 0 saturated heterocycles. The van der Waals surface area contributed by atoms with E-state index < -0.39 is 0 Å². The second-order valence-corrected chi connectivity index (χ2v) is 2.78. The van der Waals surface area contributed by atoms with Gasteiger partial charge in [-0.2, -0.15) is 0 Å². The molecule has 1 fully saturated rings. The first-order chi connectivity index (χ1) is 5.20. The van der Waals surface area contributed by atoms with E-state index in [4.69, 9.17) is 0 Å². The van der Waals surface area contributed by atoms with Gasteiger partial charge in [-0.25, -0.2) is 9.68 Å². The number of hydrogen-bond donors (Lipinski definition) is 0. The zero-order valence-electron chi connectivity index (χ0n) is 7.03. The number of carbonyl (C=O) groups excluding carboxylic acids is 1. The molecule has 0 aromatic heterocycles. The molecule has 11 heavy (non-hydrogen) atoms. The first-order valence-corrected chi connectivity index (χ1v) is 3.63. The quantitative estimate of drug-likeness (QED) is 0.566. The normalized spacial score (nSPS) is 28.3. The van der Waals surface area contributed by atoms with Crippen LogP contribution >= 0.6 is 0 Å². The minimum absolute atomic E-state index is 0.0810. The maximum Gasteiger partial charge on any atom is 0.276 e. The van der Waals surface area contributed by atoms with Gasteiger partial charge in [-0.15, -0.1) is 0 Å². The summed E-state index contributed by atoms with van der Waals surface area (Å²) in [6.45, 7) is 2.03. The molecule has 4 heteroatoms. The Morgan fingerprint density at radius 2 is 1.91 bits per heavy atom. The molecular weight excluding hydrogens is 146 g/mol. The van der Waals surface area contributed by atoms with Crippen molar-refractivity contribution in [3.8, 4) is 0 Å². The Kier molecular flexibility index (Phi) is 2.46. The fourth-order valence-corrected chi connectivity index (χ4v) is 1.06. The van der Waals surface area contributed by atoms with Crippen molar-refractivity contribution in [3.63, 3.8) is 0 Å². The van der Waals surface area contributed by atoms with Gasteiger partial charge >= 0.3 is 0 Å². The SMILES string of the molecule is CON(OC)C(=O)[C@@H]1C[C@@H]1C. The molecule has 0 aliphatic heterocycles. The molecule has 0 heterocycles. The maximum absolute atomic E-state index is 11.3. The number of amides is 1. The van der Waals surface area contributed by atoms with E-state index in [1.54, 1.807) is 0 Å². The molecule has 1 rings (SSSR count). The van der Waals surface area contributed by atoms with Gasteiger partial charge in [0.05, 0.1) is 14.2 Å². The van der Waals surface area contributed by atoms with Crippen molar-refractivity contribution in [2.45, 2.75) is 13.3 Å². The van der Waals surface area contributed by atoms with Gasteiger partial charge in [0.25, 0.3) is 5.91 Å². The van der Waals surface area contributed by atoms with Crippen LogP contribution in [-0.2, 0) is 14.5 Å². The monoisotopic (exact) mass is 159 g/mol. The highest BCUT2D eigenvalue weighted by atomic mass is 16.9. The summed E-state index contributed by atoms with van der Waals surface area (Å²) in [6.07, 6.45) is 0.946. The predicted molar refractivity (Wildman–Crippen MR) is 38.1 cm³/mol. The molecule has 64 valence electrons. The van der Waals surface area contributed by atoms with Crippen molar-refractivity contribution in [2.24, 2.45) is 11.8 Å². The number of hydrogen-bond acceptors (Lipinski definition) is 3. The van der Waals surface area contributed by atoms with Gasteiger partial charge in [0.15, 0.2) is 0 Å².